The number of likely N-dealkylation sites (N-methyl/N-ethyl adjacent to an activating group) is 1. The third-order valence-electron chi connectivity index (χ3n) is 2.47. The minimum absolute atomic E-state index is 0.221. The molecule has 1 rings (SSSR count). The van der Waals surface area contributed by atoms with Crippen LogP contribution in [-0.4, -0.2) is 38.7 Å². The fraction of sp³-hybridized carbons (Fsp3) is 0.385. The molecule has 0 saturated heterocycles. The summed E-state index contributed by atoms with van der Waals surface area (Å²) in [7, 11) is 4.71. The number of methoxy groups -OCH3 is 2. The van der Waals surface area contributed by atoms with Crippen LogP contribution >= 0.6 is 0 Å². The first kappa shape index (κ1) is 14.0. The molecule has 0 aromatic heterocycles. The van der Waals surface area contributed by atoms with E-state index in [0.29, 0.717) is 17.9 Å². The van der Waals surface area contributed by atoms with Gasteiger partial charge in [0.05, 0.1) is 26.3 Å². The molecule has 96 valence electrons. The summed E-state index contributed by atoms with van der Waals surface area (Å²) in [5.41, 5.74) is 1.47. The van der Waals surface area contributed by atoms with Gasteiger partial charge in [-0.3, -0.25) is 9.69 Å². The number of rotatable bonds is 5. The molecule has 0 aliphatic carbocycles. The summed E-state index contributed by atoms with van der Waals surface area (Å²) in [6.45, 7) is 0.802. The Bertz CT molecular complexity index is 466. The van der Waals surface area contributed by atoms with E-state index in [2.05, 4.69) is 10.8 Å². The van der Waals surface area contributed by atoms with Crippen molar-refractivity contribution in [1.29, 1.82) is 5.26 Å². The maximum absolute atomic E-state index is 11.1. The topological polar surface area (TPSA) is 62.6 Å². The van der Waals surface area contributed by atoms with E-state index in [1.54, 1.807) is 12.1 Å². The maximum atomic E-state index is 11.1. The Hall–Kier alpha value is -2.06. The van der Waals surface area contributed by atoms with Crippen molar-refractivity contribution < 1.29 is 14.3 Å². The first-order chi connectivity index (χ1) is 8.60. The molecule has 0 fully saturated rings. The third kappa shape index (κ3) is 3.75. The molecule has 0 heterocycles. The lowest BCUT2D eigenvalue weighted by Gasteiger charge is -2.15. The van der Waals surface area contributed by atoms with E-state index in [1.807, 2.05) is 18.0 Å². The Kier molecular flexibility index (Phi) is 5.15. The summed E-state index contributed by atoms with van der Waals surface area (Å²) in [5, 5.41) is 8.87. The minimum atomic E-state index is -0.280. The number of esters is 1. The summed E-state index contributed by atoms with van der Waals surface area (Å²) in [4.78, 5) is 12.9. The van der Waals surface area contributed by atoms with Crippen molar-refractivity contribution in [2.75, 3.05) is 27.8 Å². The lowest BCUT2D eigenvalue weighted by atomic mass is 10.1. The van der Waals surface area contributed by atoms with Crippen LogP contribution in [0.3, 0.4) is 0 Å². The second-order valence-electron chi connectivity index (χ2n) is 3.89. The fourth-order valence-corrected chi connectivity index (χ4v) is 1.58. The van der Waals surface area contributed by atoms with E-state index >= 15 is 0 Å². The highest BCUT2D eigenvalue weighted by Crippen LogP contribution is 2.19. The van der Waals surface area contributed by atoms with Crippen molar-refractivity contribution in [2.45, 2.75) is 6.54 Å². The summed E-state index contributed by atoms with van der Waals surface area (Å²) in [6, 6.07) is 7.40. The first-order valence-electron chi connectivity index (χ1n) is 5.43. The molecule has 0 saturated carbocycles. The summed E-state index contributed by atoms with van der Waals surface area (Å²) in [5.74, 6) is 0.263. The van der Waals surface area contributed by atoms with Crippen LogP contribution in [0.25, 0.3) is 0 Å². The van der Waals surface area contributed by atoms with Gasteiger partial charge in [0.25, 0.3) is 0 Å². The van der Waals surface area contributed by atoms with E-state index in [0.717, 1.165) is 5.56 Å². The van der Waals surface area contributed by atoms with Crippen molar-refractivity contribution in [3.63, 3.8) is 0 Å². The zero-order chi connectivity index (χ0) is 13.5. The smallest absolute Gasteiger partial charge is 0.319 e. The molecule has 0 unspecified atom stereocenters. The van der Waals surface area contributed by atoms with Crippen LogP contribution in [0.1, 0.15) is 11.1 Å². The molecule has 0 radical (unpaired) electrons. The number of carbonyl (C=O) groups excluding carboxylic acids is 1. The third-order valence-corrected chi connectivity index (χ3v) is 2.47. The average molecular weight is 248 g/mol. The Labute approximate surface area is 107 Å². The molecular formula is C13H16N2O3. The van der Waals surface area contributed by atoms with Crippen LogP contribution in [0.15, 0.2) is 18.2 Å². The van der Waals surface area contributed by atoms with Crippen LogP contribution in [0.5, 0.6) is 5.75 Å². The Morgan fingerprint density at radius 2 is 2.17 bits per heavy atom. The lowest BCUT2D eigenvalue weighted by molar-refractivity contribution is -0.141. The SMILES string of the molecule is COC(=O)CN(C)Cc1ccc(C#N)c(OC)c1. The normalized spacial score (nSPS) is 9.94. The van der Waals surface area contributed by atoms with Crippen molar-refractivity contribution >= 4 is 5.97 Å². The number of ether oxygens (including phenoxy) is 2. The highest BCUT2D eigenvalue weighted by Gasteiger charge is 2.09. The van der Waals surface area contributed by atoms with E-state index in [-0.39, 0.29) is 12.5 Å². The molecule has 1 aromatic rings. The van der Waals surface area contributed by atoms with Gasteiger partial charge in [-0.25, -0.2) is 0 Å². The molecular weight excluding hydrogens is 232 g/mol. The molecule has 0 spiro atoms. The van der Waals surface area contributed by atoms with Crippen LogP contribution in [-0.2, 0) is 16.1 Å². The van der Waals surface area contributed by atoms with Crippen molar-refractivity contribution in [3.05, 3.63) is 29.3 Å². The van der Waals surface area contributed by atoms with Gasteiger partial charge >= 0.3 is 5.97 Å². The first-order valence-corrected chi connectivity index (χ1v) is 5.43. The summed E-state index contributed by atoms with van der Waals surface area (Å²) >= 11 is 0. The van der Waals surface area contributed by atoms with Gasteiger partial charge in [-0.05, 0) is 24.7 Å². The summed E-state index contributed by atoms with van der Waals surface area (Å²) in [6.07, 6.45) is 0. The van der Waals surface area contributed by atoms with Crippen molar-refractivity contribution in [2.24, 2.45) is 0 Å². The second kappa shape index (κ2) is 6.62. The number of nitriles is 1. The largest absolute Gasteiger partial charge is 0.495 e. The Morgan fingerprint density at radius 3 is 2.72 bits per heavy atom. The van der Waals surface area contributed by atoms with E-state index in [9.17, 15) is 4.79 Å². The molecule has 1 aromatic carbocycles. The van der Waals surface area contributed by atoms with E-state index in [1.165, 1.54) is 14.2 Å². The second-order valence-corrected chi connectivity index (χ2v) is 3.89. The number of hydrogen-bond donors (Lipinski definition) is 0. The van der Waals surface area contributed by atoms with Gasteiger partial charge in [-0.1, -0.05) is 6.07 Å². The predicted molar refractivity (Wildman–Crippen MR) is 66.1 cm³/mol. The quantitative estimate of drug-likeness (QED) is 0.732. The lowest BCUT2D eigenvalue weighted by Crippen LogP contribution is -2.26. The highest BCUT2D eigenvalue weighted by atomic mass is 16.5. The molecule has 5 nitrogen and oxygen atoms in total. The number of hydrogen-bond acceptors (Lipinski definition) is 5. The van der Waals surface area contributed by atoms with Crippen molar-refractivity contribution in [3.8, 4) is 11.8 Å². The van der Waals surface area contributed by atoms with Gasteiger partial charge in [0.2, 0.25) is 0 Å². The average Bonchev–Trinajstić information content (AvgIpc) is 2.38. The van der Waals surface area contributed by atoms with Crippen LogP contribution in [0, 0.1) is 11.3 Å². The maximum Gasteiger partial charge on any atom is 0.319 e. The van der Waals surface area contributed by atoms with Gasteiger partial charge in [0.1, 0.15) is 11.8 Å². The van der Waals surface area contributed by atoms with Gasteiger partial charge in [0, 0.05) is 6.54 Å². The van der Waals surface area contributed by atoms with Crippen LogP contribution < -0.4 is 4.74 Å². The number of carbonyl (C=O) groups is 1. The zero-order valence-corrected chi connectivity index (χ0v) is 10.8. The number of benzene rings is 1. The van der Waals surface area contributed by atoms with E-state index < -0.39 is 0 Å². The molecule has 0 amide bonds. The van der Waals surface area contributed by atoms with Gasteiger partial charge < -0.3 is 9.47 Å². The minimum Gasteiger partial charge on any atom is -0.495 e. The molecule has 0 N–H and O–H groups in total. The molecule has 0 atom stereocenters. The Balaban J connectivity index is 2.74. The standard InChI is InChI=1S/C13H16N2O3/c1-15(9-13(16)18-3)8-10-4-5-11(7-14)12(6-10)17-2/h4-6H,8-9H2,1-3H3. The molecule has 5 heteroatoms. The van der Waals surface area contributed by atoms with Crippen LogP contribution in [0.4, 0.5) is 0 Å². The molecule has 18 heavy (non-hydrogen) atoms. The molecule has 0 aliphatic heterocycles. The van der Waals surface area contributed by atoms with E-state index in [4.69, 9.17) is 10.00 Å². The van der Waals surface area contributed by atoms with Gasteiger partial charge in [-0.15, -0.1) is 0 Å². The van der Waals surface area contributed by atoms with Crippen LogP contribution in [0.2, 0.25) is 0 Å². The van der Waals surface area contributed by atoms with Gasteiger partial charge in [0.15, 0.2) is 0 Å². The monoisotopic (exact) mass is 248 g/mol. The van der Waals surface area contributed by atoms with Gasteiger partial charge in [-0.2, -0.15) is 5.26 Å². The predicted octanol–water partition coefficient (Wildman–Crippen LogP) is 1.17. The highest BCUT2D eigenvalue weighted by molar-refractivity contribution is 5.71. The fourth-order valence-electron chi connectivity index (χ4n) is 1.58. The Morgan fingerprint density at radius 1 is 1.44 bits per heavy atom. The van der Waals surface area contributed by atoms with Crippen molar-refractivity contribution in [1.82, 2.24) is 4.90 Å². The number of nitrogens with zero attached hydrogens (tertiary/aromatic N) is 2. The molecule has 0 bridgehead atoms. The zero-order valence-electron chi connectivity index (χ0n) is 10.8. The summed E-state index contributed by atoms with van der Waals surface area (Å²) < 4.78 is 9.72. The molecule has 0 aliphatic rings.